The molecule has 0 N–H and O–H groups in total. The molecule has 0 spiro atoms. The maximum absolute atomic E-state index is 5.23. The average molecular weight is 367 g/mol. The molecule has 97 valence electrons. The van der Waals surface area contributed by atoms with Gasteiger partial charge < -0.3 is 19.9 Å². The fraction of sp³-hybridized carbons (Fsp3) is 0.750. The second kappa shape index (κ2) is 12.6. The van der Waals surface area contributed by atoms with Gasteiger partial charge in [-0.1, -0.05) is 6.58 Å². The number of rotatable bonds is 7. The number of hydrogen-bond acceptors (Lipinski definition) is 2. The SMILES string of the molecule is C=COC(C)CCCCN=C([N-]C)N(C)C.[Pr]. The Kier molecular flexibility index (Phi) is 14.5. The van der Waals surface area contributed by atoms with Gasteiger partial charge in [0.2, 0.25) is 0 Å². The van der Waals surface area contributed by atoms with E-state index in [9.17, 15) is 0 Å². The van der Waals surface area contributed by atoms with Crippen molar-refractivity contribution in [2.24, 2.45) is 4.99 Å². The zero-order valence-electron chi connectivity index (χ0n) is 11.5. The van der Waals surface area contributed by atoms with E-state index in [0.717, 1.165) is 31.8 Å². The molecule has 0 aliphatic heterocycles. The molecule has 0 aliphatic rings. The van der Waals surface area contributed by atoms with E-state index in [1.165, 1.54) is 6.26 Å². The summed E-state index contributed by atoms with van der Waals surface area (Å²) in [5.41, 5.74) is 0. The molecule has 0 saturated carbocycles. The number of nitrogens with zero attached hydrogens (tertiary/aromatic N) is 3. The molecule has 17 heavy (non-hydrogen) atoms. The number of hydrogen-bond donors (Lipinski definition) is 0. The van der Waals surface area contributed by atoms with Crippen LogP contribution in [0.1, 0.15) is 26.2 Å². The summed E-state index contributed by atoms with van der Waals surface area (Å²) in [6.07, 6.45) is 4.98. The molecule has 1 unspecified atom stereocenters. The summed E-state index contributed by atoms with van der Waals surface area (Å²) in [6.45, 7) is 6.41. The van der Waals surface area contributed by atoms with Gasteiger partial charge in [-0.05, 0) is 53.9 Å². The van der Waals surface area contributed by atoms with Crippen LogP contribution in [-0.2, 0) is 4.74 Å². The van der Waals surface area contributed by atoms with Gasteiger partial charge in [0.25, 0.3) is 0 Å². The van der Waals surface area contributed by atoms with Crippen molar-refractivity contribution < 1.29 is 46.0 Å². The molecule has 1 radical (unpaired) electrons. The Morgan fingerprint density at radius 2 is 2.12 bits per heavy atom. The van der Waals surface area contributed by atoms with Crippen LogP contribution in [0.3, 0.4) is 0 Å². The Bertz CT molecular complexity index is 220. The summed E-state index contributed by atoms with van der Waals surface area (Å²) in [5.74, 6) is 0.801. The van der Waals surface area contributed by atoms with Gasteiger partial charge >= 0.3 is 0 Å². The Labute approximate surface area is 139 Å². The van der Waals surface area contributed by atoms with E-state index in [1.807, 2.05) is 19.0 Å². The first-order valence-electron chi connectivity index (χ1n) is 5.69. The molecule has 0 fully saturated rings. The van der Waals surface area contributed by atoms with Gasteiger partial charge in [0, 0.05) is 47.3 Å². The molecule has 0 saturated heterocycles. The third kappa shape index (κ3) is 11.0. The van der Waals surface area contributed by atoms with Crippen LogP contribution in [0.5, 0.6) is 0 Å². The van der Waals surface area contributed by atoms with Crippen molar-refractivity contribution in [3.8, 4) is 0 Å². The van der Waals surface area contributed by atoms with Crippen LogP contribution in [-0.4, -0.2) is 44.7 Å². The van der Waals surface area contributed by atoms with E-state index in [1.54, 1.807) is 7.05 Å². The van der Waals surface area contributed by atoms with Gasteiger partial charge in [-0.2, -0.15) is 0 Å². The van der Waals surface area contributed by atoms with Gasteiger partial charge in [0.1, 0.15) is 0 Å². The summed E-state index contributed by atoms with van der Waals surface area (Å²) >= 11 is 0. The molecule has 0 bridgehead atoms. The Balaban J connectivity index is 0. The van der Waals surface area contributed by atoms with Crippen LogP contribution < -0.4 is 0 Å². The van der Waals surface area contributed by atoms with Crippen LogP contribution in [0.2, 0.25) is 0 Å². The molecule has 0 amide bonds. The van der Waals surface area contributed by atoms with Crippen molar-refractivity contribution in [1.29, 1.82) is 0 Å². The Hall–Kier alpha value is 0.174. The van der Waals surface area contributed by atoms with E-state index in [-0.39, 0.29) is 47.4 Å². The van der Waals surface area contributed by atoms with Crippen LogP contribution in [0.25, 0.3) is 5.32 Å². The quantitative estimate of drug-likeness (QED) is 0.300. The summed E-state index contributed by atoms with van der Waals surface area (Å²) in [4.78, 5) is 6.32. The van der Waals surface area contributed by atoms with E-state index >= 15 is 0 Å². The normalized spacial score (nSPS) is 12.4. The molecular weight excluding hydrogens is 343 g/mol. The smallest absolute Gasteiger partial charge is 0.0950 e. The Morgan fingerprint density at radius 1 is 1.47 bits per heavy atom. The van der Waals surface area contributed by atoms with Crippen molar-refractivity contribution in [2.75, 3.05) is 27.7 Å². The second-order valence-corrected chi connectivity index (χ2v) is 3.91. The van der Waals surface area contributed by atoms with E-state index in [0.29, 0.717) is 0 Å². The first-order chi connectivity index (χ1) is 7.61. The fourth-order valence-corrected chi connectivity index (χ4v) is 1.37. The molecule has 0 aromatic heterocycles. The minimum absolute atomic E-state index is 0. The van der Waals surface area contributed by atoms with Gasteiger partial charge in [-0.3, -0.25) is 0 Å². The number of guanidine groups is 1. The van der Waals surface area contributed by atoms with Crippen molar-refractivity contribution >= 4 is 5.96 Å². The number of aliphatic imine (C=N–C) groups is 1. The van der Waals surface area contributed by atoms with Gasteiger partial charge in [-0.25, -0.2) is 0 Å². The second-order valence-electron chi connectivity index (χ2n) is 3.91. The van der Waals surface area contributed by atoms with Crippen molar-refractivity contribution in [1.82, 2.24) is 4.90 Å². The molecule has 0 aliphatic carbocycles. The maximum Gasteiger partial charge on any atom is 0.0950 e. The summed E-state index contributed by atoms with van der Waals surface area (Å²) in [5, 5.41) is 4.09. The molecule has 0 aromatic rings. The number of ether oxygens (including phenoxy) is 1. The largest absolute Gasteiger partial charge is 0.499 e. The van der Waals surface area contributed by atoms with Crippen LogP contribution in [0.4, 0.5) is 0 Å². The van der Waals surface area contributed by atoms with E-state index in [2.05, 4.69) is 23.8 Å². The average Bonchev–Trinajstić information content (AvgIpc) is 2.23. The zero-order valence-corrected chi connectivity index (χ0v) is 15.2. The van der Waals surface area contributed by atoms with Crippen LogP contribution in [0, 0.1) is 41.3 Å². The first kappa shape index (κ1) is 19.5. The van der Waals surface area contributed by atoms with Crippen molar-refractivity contribution in [3.63, 3.8) is 0 Å². The molecule has 0 aromatic carbocycles. The first-order valence-corrected chi connectivity index (χ1v) is 5.69. The van der Waals surface area contributed by atoms with E-state index < -0.39 is 0 Å². The molecule has 4 nitrogen and oxygen atoms in total. The van der Waals surface area contributed by atoms with E-state index in [4.69, 9.17) is 4.74 Å². The van der Waals surface area contributed by atoms with Crippen LogP contribution in [0.15, 0.2) is 17.8 Å². The molecule has 5 heteroatoms. The van der Waals surface area contributed by atoms with Gasteiger partial charge in [-0.15, -0.1) is 0 Å². The minimum Gasteiger partial charge on any atom is -0.499 e. The molecular formula is C12H24N3OPr-. The predicted octanol–water partition coefficient (Wildman–Crippen LogP) is 2.63. The van der Waals surface area contributed by atoms with Crippen LogP contribution >= 0.6 is 0 Å². The Morgan fingerprint density at radius 3 is 2.59 bits per heavy atom. The fourth-order valence-electron chi connectivity index (χ4n) is 1.37. The third-order valence-electron chi connectivity index (χ3n) is 2.20. The summed E-state index contributed by atoms with van der Waals surface area (Å²) in [7, 11) is 5.66. The summed E-state index contributed by atoms with van der Waals surface area (Å²) in [6, 6.07) is 0. The van der Waals surface area contributed by atoms with Crippen molar-refractivity contribution in [3.05, 3.63) is 18.2 Å². The monoisotopic (exact) mass is 367 g/mol. The van der Waals surface area contributed by atoms with Gasteiger partial charge in [0.05, 0.1) is 12.4 Å². The maximum atomic E-state index is 5.23. The summed E-state index contributed by atoms with van der Waals surface area (Å²) < 4.78 is 5.23. The standard InChI is InChI=1S/C12H24N3O.Pr/c1-6-16-11(2)9-7-8-10-14-12(13-3)15(4)5;/h6,11H,1,7-10H2,2-5H3;/q-1;. The number of unbranched alkanes of at least 4 members (excludes halogenated alkanes) is 1. The van der Waals surface area contributed by atoms with Gasteiger partial charge in [0.15, 0.2) is 0 Å². The third-order valence-corrected chi connectivity index (χ3v) is 2.20. The predicted molar refractivity (Wildman–Crippen MR) is 69.9 cm³/mol. The molecule has 1 atom stereocenters. The zero-order chi connectivity index (χ0) is 12.4. The minimum atomic E-state index is 0. The van der Waals surface area contributed by atoms with Crippen molar-refractivity contribution in [2.45, 2.75) is 32.3 Å². The molecule has 0 rings (SSSR count). The topological polar surface area (TPSA) is 38.9 Å². The molecule has 0 heterocycles.